The van der Waals surface area contributed by atoms with E-state index in [-0.39, 0.29) is 16.8 Å². The monoisotopic (exact) mass is 200 g/mol. The summed E-state index contributed by atoms with van der Waals surface area (Å²) in [6.07, 6.45) is 0. The Kier molecular flexibility index (Phi) is 2.72. The number of rotatable bonds is 0. The predicted octanol–water partition coefficient (Wildman–Crippen LogP) is 1.83. The molecule has 0 saturated heterocycles. The minimum Gasteiger partial charge on any atom is -0.238 e. The number of nitriles is 2. The number of aryl methyl sites for hydroxylation is 1. The Balaban J connectivity index is 3.50. The lowest BCUT2D eigenvalue weighted by molar-refractivity contribution is 0.558. The van der Waals surface area contributed by atoms with Gasteiger partial charge in [-0.1, -0.05) is 20.8 Å². The molecule has 0 fully saturated rings. The summed E-state index contributed by atoms with van der Waals surface area (Å²) in [5.74, 6) is 0. The van der Waals surface area contributed by atoms with E-state index in [4.69, 9.17) is 10.5 Å². The van der Waals surface area contributed by atoms with Gasteiger partial charge in [-0.05, 0) is 6.92 Å². The van der Waals surface area contributed by atoms with Gasteiger partial charge in [0.15, 0.2) is 11.4 Å². The fourth-order valence-corrected chi connectivity index (χ4v) is 1.39. The minimum atomic E-state index is -0.170. The van der Waals surface area contributed by atoms with Crippen molar-refractivity contribution in [2.45, 2.75) is 33.1 Å². The largest absolute Gasteiger partial charge is 0.238 e. The third-order valence-electron chi connectivity index (χ3n) is 1.99. The lowest BCUT2D eigenvalue weighted by Crippen LogP contribution is -2.18. The van der Waals surface area contributed by atoms with Crippen LogP contribution in [0.25, 0.3) is 0 Å². The molecule has 0 spiro atoms. The van der Waals surface area contributed by atoms with Gasteiger partial charge in [0.25, 0.3) is 0 Å². The second-order valence-electron chi connectivity index (χ2n) is 4.33. The van der Waals surface area contributed by atoms with Crippen LogP contribution < -0.4 is 0 Å². The summed E-state index contributed by atoms with van der Waals surface area (Å²) in [6, 6.07) is 3.76. The summed E-state index contributed by atoms with van der Waals surface area (Å²) in [4.78, 5) is 8.27. The van der Waals surface area contributed by atoms with Crippen molar-refractivity contribution in [3.63, 3.8) is 0 Å². The Morgan fingerprint density at radius 2 is 1.47 bits per heavy atom. The van der Waals surface area contributed by atoms with Crippen LogP contribution in [0.5, 0.6) is 0 Å². The maximum Gasteiger partial charge on any atom is 0.177 e. The summed E-state index contributed by atoms with van der Waals surface area (Å²) in [5.41, 5.74) is 1.50. The van der Waals surface area contributed by atoms with E-state index in [0.29, 0.717) is 5.69 Å². The van der Waals surface area contributed by atoms with Crippen molar-refractivity contribution in [1.29, 1.82) is 10.5 Å². The Hall–Kier alpha value is -1.94. The lowest BCUT2D eigenvalue weighted by atomic mass is 9.90. The van der Waals surface area contributed by atoms with Crippen LogP contribution in [0.15, 0.2) is 0 Å². The molecule has 0 aliphatic carbocycles. The van der Waals surface area contributed by atoms with Crippen LogP contribution >= 0.6 is 0 Å². The molecule has 1 heterocycles. The van der Waals surface area contributed by atoms with E-state index in [1.807, 2.05) is 32.9 Å². The first-order valence-electron chi connectivity index (χ1n) is 4.59. The van der Waals surface area contributed by atoms with Crippen molar-refractivity contribution in [2.75, 3.05) is 0 Å². The quantitative estimate of drug-likeness (QED) is 0.640. The van der Waals surface area contributed by atoms with Crippen molar-refractivity contribution >= 4 is 0 Å². The van der Waals surface area contributed by atoms with Crippen molar-refractivity contribution in [3.05, 3.63) is 22.8 Å². The second kappa shape index (κ2) is 3.67. The highest BCUT2D eigenvalue weighted by molar-refractivity contribution is 5.38. The Bertz CT molecular complexity index is 469. The van der Waals surface area contributed by atoms with Crippen molar-refractivity contribution in [1.82, 2.24) is 9.97 Å². The van der Waals surface area contributed by atoms with E-state index in [0.717, 1.165) is 5.69 Å². The Labute approximate surface area is 89.2 Å². The highest BCUT2D eigenvalue weighted by Crippen LogP contribution is 2.23. The summed E-state index contributed by atoms with van der Waals surface area (Å²) in [5, 5.41) is 17.6. The van der Waals surface area contributed by atoms with Crippen LogP contribution in [0, 0.1) is 29.6 Å². The fourth-order valence-electron chi connectivity index (χ4n) is 1.39. The Morgan fingerprint density at radius 1 is 1.00 bits per heavy atom. The van der Waals surface area contributed by atoms with Crippen molar-refractivity contribution in [3.8, 4) is 12.1 Å². The molecule has 1 rings (SSSR count). The normalized spacial score (nSPS) is 10.5. The average molecular weight is 200 g/mol. The fraction of sp³-hybridized carbons (Fsp3) is 0.455. The van der Waals surface area contributed by atoms with Gasteiger partial charge in [0, 0.05) is 5.41 Å². The first kappa shape index (κ1) is 11.1. The van der Waals surface area contributed by atoms with Crippen molar-refractivity contribution in [2.24, 2.45) is 0 Å². The van der Waals surface area contributed by atoms with Gasteiger partial charge in [-0.15, -0.1) is 0 Å². The van der Waals surface area contributed by atoms with Gasteiger partial charge in [0.05, 0.1) is 11.4 Å². The van der Waals surface area contributed by atoms with Crippen LogP contribution in [-0.2, 0) is 5.41 Å². The van der Waals surface area contributed by atoms with E-state index in [1.54, 1.807) is 6.92 Å². The number of hydrogen-bond acceptors (Lipinski definition) is 4. The number of hydrogen-bond donors (Lipinski definition) is 0. The van der Waals surface area contributed by atoms with Gasteiger partial charge in [0.2, 0.25) is 0 Å². The molecule has 0 N–H and O–H groups in total. The molecule has 0 aliphatic rings. The van der Waals surface area contributed by atoms with Gasteiger partial charge in [-0.25, -0.2) is 9.97 Å². The zero-order valence-electron chi connectivity index (χ0n) is 9.29. The summed E-state index contributed by atoms with van der Waals surface area (Å²) in [7, 11) is 0. The zero-order valence-corrected chi connectivity index (χ0v) is 9.29. The van der Waals surface area contributed by atoms with E-state index in [1.165, 1.54) is 0 Å². The lowest BCUT2D eigenvalue weighted by Gasteiger charge is -2.19. The number of nitrogens with zero attached hydrogens (tertiary/aromatic N) is 4. The first-order chi connectivity index (χ1) is 6.90. The summed E-state index contributed by atoms with van der Waals surface area (Å²) >= 11 is 0. The smallest absolute Gasteiger partial charge is 0.177 e. The van der Waals surface area contributed by atoms with Crippen LogP contribution in [-0.4, -0.2) is 9.97 Å². The molecule has 0 unspecified atom stereocenters. The maximum absolute atomic E-state index is 8.83. The van der Waals surface area contributed by atoms with E-state index >= 15 is 0 Å². The first-order valence-corrected chi connectivity index (χ1v) is 4.59. The summed E-state index contributed by atoms with van der Waals surface area (Å²) < 4.78 is 0. The van der Waals surface area contributed by atoms with Crippen molar-refractivity contribution < 1.29 is 0 Å². The molecule has 4 nitrogen and oxygen atoms in total. The predicted molar refractivity (Wildman–Crippen MR) is 54.9 cm³/mol. The molecular formula is C11H12N4. The molecule has 0 atom stereocenters. The summed E-state index contributed by atoms with van der Waals surface area (Å²) in [6.45, 7) is 7.79. The molecule has 76 valence electrons. The molecular weight excluding hydrogens is 188 g/mol. The van der Waals surface area contributed by atoms with Gasteiger partial charge < -0.3 is 0 Å². The van der Waals surface area contributed by atoms with Gasteiger partial charge in [0.1, 0.15) is 12.1 Å². The standard InChI is InChI=1S/C11H12N4/c1-7-10(11(2,3)4)15-9(6-13)8(5-12)14-7/h1-4H3. The van der Waals surface area contributed by atoms with Gasteiger partial charge in [-0.2, -0.15) is 10.5 Å². The second-order valence-corrected chi connectivity index (χ2v) is 4.33. The molecule has 0 aliphatic heterocycles. The van der Waals surface area contributed by atoms with Crippen LogP contribution in [0.2, 0.25) is 0 Å². The third kappa shape index (κ3) is 2.11. The molecule has 0 amide bonds. The molecule has 1 aromatic rings. The zero-order chi connectivity index (χ0) is 11.6. The minimum absolute atomic E-state index is 0.100. The molecule has 0 radical (unpaired) electrons. The average Bonchev–Trinajstić information content (AvgIpc) is 2.15. The molecule has 1 aromatic heterocycles. The molecule has 4 heteroatoms. The SMILES string of the molecule is Cc1nc(C#N)c(C#N)nc1C(C)(C)C. The highest BCUT2D eigenvalue weighted by atomic mass is 14.9. The van der Waals surface area contributed by atoms with Crippen LogP contribution in [0.3, 0.4) is 0 Å². The third-order valence-corrected chi connectivity index (χ3v) is 1.99. The highest BCUT2D eigenvalue weighted by Gasteiger charge is 2.21. The van der Waals surface area contributed by atoms with Gasteiger partial charge in [-0.3, -0.25) is 0 Å². The van der Waals surface area contributed by atoms with E-state index < -0.39 is 0 Å². The molecule has 15 heavy (non-hydrogen) atoms. The topological polar surface area (TPSA) is 73.4 Å². The number of aromatic nitrogens is 2. The van der Waals surface area contributed by atoms with Gasteiger partial charge >= 0.3 is 0 Å². The van der Waals surface area contributed by atoms with Crippen LogP contribution in [0.1, 0.15) is 43.5 Å². The Morgan fingerprint density at radius 3 is 1.87 bits per heavy atom. The van der Waals surface area contributed by atoms with E-state index in [9.17, 15) is 0 Å². The van der Waals surface area contributed by atoms with E-state index in [2.05, 4.69) is 9.97 Å². The molecule has 0 aromatic carbocycles. The molecule has 0 bridgehead atoms. The van der Waals surface area contributed by atoms with Crippen LogP contribution in [0.4, 0.5) is 0 Å². The maximum atomic E-state index is 8.83. The molecule has 0 saturated carbocycles.